The van der Waals surface area contributed by atoms with Crippen molar-refractivity contribution in [2.24, 2.45) is 0 Å². The number of hydrogen-bond acceptors (Lipinski definition) is 3. The van der Waals surface area contributed by atoms with Crippen molar-refractivity contribution in [3.63, 3.8) is 0 Å². The van der Waals surface area contributed by atoms with Crippen molar-refractivity contribution in [2.45, 2.75) is 19.3 Å². The number of aromatic carboxylic acids is 1. The maximum absolute atomic E-state index is 11.4. The second-order valence-electron chi connectivity index (χ2n) is 7.39. The largest absolute Gasteiger partial charge is 0.478 e. The molecule has 0 bridgehead atoms. The number of H-pyrrole nitrogens is 1. The van der Waals surface area contributed by atoms with E-state index in [4.69, 9.17) is 5.26 Å². The molecule has 4 aromatic rings. The zero-order valence-electron chi connectivity index (χ0n) is 16.9. The molecule has 1 heterocycles. The third-order valence-corrected chi connectivity index (χ3v) is 5.20. The van der Waals surface area contributed by atoms with Crippen LogP contribution >= 0.6 is 0 Å². The Balaban J connectivity index is 1.39. The lowest BCUT2D eigenvalue weighted by Crippen LogP contribution is -1.99. The molecule has 5 heteroatoms. The van der Waals surface area contributed by atoms with E-state index in [2.05, 4.69) is 16.0 Å². The van der Waals surface area contributed by atoms with Crippen LogP contribution < -0.4 is 0 Å². The Bertz CT molecular complexity index is 1250. The summed E-state index contributed by atoms with van der Waals surface area (Å²) in [5.41, 5.74) is 5.83. The normalized spacial score (nSPS) is 10.5. The Morgan fingerprint density at radius 3 is 2.55 bits per heavy atom. The molecular weight excluding hydrogens is 386 g/mol. The average Bonchev–Trinajstić information content (AvgIpc) is 3.25. The van der Waals surface area contributed by atoms with Crippen molar-refractivity contribution in [3.8, 4) is 17.2 Å². The third-order valence-electron chi connectivity index (χ3n) is 5.20. The molecule has 2 N–H and O–H groups in total. The van der Waals surface area contributed by atoms with Crippen LogP contribution in [0.2, 0.25) is 0 Å². The SMILES string of the molecule is N#Cc1cccc(Cc2cnc(CCc3ccc(-c4ccccc4C(=O)O)cc3)[nH]2)c1. The van der Waals surface area contributed by atoms with Gasteiger partial charge in [-0.05, 0) is 46.9 Å². The van der Waals surface area contributed by atoms with E-state index in [-0.39, 0.29) is 0 Å². The lowest BCUT2D eigenvalue weighted by Gasteiger charge is -2.07. The van der Waals surface area contributed by atoms with Crippen molar-refractivity contribution >= 4 is 5.97 Å². The molecular formula is C26H21N3O2. The number of rotatable bonds is 7. The van der Waals surface area contributed by atoms with Gasteiger partial charge in [0.05, 0.1) is 17.2 Å². The Hall–Kier alpha value is -4.17. The number of nitrogens with zero attached hydrogens (tertiary/aromatic N) is 2. The van der Waals surface area contributed by atoms with Gasteiger partial charge in [-0.2, -0.15) is 5.26 Å². The third kappa shape index (κ3) is 4.88. The number of imidazole rings is 1. The molecule has 0 aliphatic rings. The summed E-state index contributed by atoms with van der Waals surface area (Å²) in [6, 6.07) is 24.8. The van der Waals surface area contributed by atoms with Crippen LogP contribution in [0.5, 0.6) is 0 Å². The maximum Gasteiger partial charge on any atom is 0.336 e. The van der Waals surface area contributed by atoms with Crippen molar-refractivity contribution in [1.82, 2.24) is 9.97 Å². The number of hydrogen-bond donors (Lipinski definition) is 2. The van der Waals surface area contributed by atoms with E-state index < -0.39 is 5.97 Å². The minimum absolute atomic E-state index is 0.304. The molecule has 0 spiro atoms. The van der Waals surface area contributed by atoms with Crippen LogP contribution in [0.3, 0.4) is 0 Å². The van der Waals surface area contributed by atoms with Crippen LogP contribution in [0.15, 0.2) is 79.0 Å². The van der Waals surface area contributed by atoms with Gasteiger partial charge < -0.3 is 10.1 Å². The summed E-state index contributed by atoms with van der Waals surface area (Å²) in [6.07, 6.45) is 4.17. The zero-order valence-corrected chi connectivity index (χ0v) is 16.9. The molecule has 5 nitrogen and oxygen atoms in total. The first-order valence-corrected chi connectivity index (χ1v) is 10.1. The number of aromatic nitrogens is 2. The van der Waals surface area contributed by atoms with E-state index in [1.54, 1.807) is 18.2 Å². The van der Waals surface area contributed by atoms with Crippen molar-refractivity contribution < 1.29 is 9.90 Å². The smallest absolute Gasteiger partial charge is 0.336 e. The second-order valence-corrected chi connectivity index (χ2v) is 7.39. The highest BCUT2D eigenvalue weighted by atomic mass is 16.4. The van der Waals surface area contributed by atoms with E-state index in [1.165, 1.54) is 0 Å². The highest BCUT2D eigenvalue weighted by molar-refractivity contribution is 5.95. The summed E-state index contributed by atoms with van der Waals surface area (Å²) in [4.78, 5) is 19.3. The number of aromatic amines is 1. The number of carboxylic acids is 1. The fourth-order valence-electron chi connectivity index (χ4n) is 3.63. The van der Waals surface area contributed by atoms with E-state index in [1.807, 2.05) is 60.8 Å². The van der Waals surface area contributed by atoms with Gasteiger partial charge in [0, 0.05) is 24.7 Å². The summed E-state index contributed by atoms with van der Waals surface area (Å²) < 4.78 is 0. The average molecular weight is 407 g/mol. The molecule has 4 rings (SSSR count). The fourth-order valence-corrected chi connectivity index (χ4v) is 3.63. The number of carbonyl (C=O) groups is 1. The maximum atomic E-state index is 11.4. The highest BCUT2D eigenvalue weighted by Crippen LogP contribution is 2.24. The quantitative estimate of drug-likeness (QED) is 0.450. The lowest BCUT2D eigenvalue weighted by molar-refractivity contribution is 0.0697. The first kappa shape index (κ1) is 20.1. The summed E-state index contributed by atoms with van der Waals surface area (Å²) in [7, 11) is 0. The van der Waals surface area contributed by atoms with Gasteiger partial charge in [-0.3, -0.25) is 0 Å². The first-order valence-electron chi connectivity index (χ1n) is 10.1. The molecule has 0 atom stereocenters. The Labute approximate surface area is 180 Å². The van der Waals surface area contributed by atoms with Crippen LogP contribution in [-0.4, -0.2) is 21.0 Å². The molecule has 0 unspecified atom stereocenters. The number of carboxylic acid groups (broad SMARTS) is 1. The molecule has 1 aromatic heterocycles. The standard InChI is InChI=1S/C26H21N3O2/c27-16-20-5-3-4-19(14-20)15-22-17-28-25(29-22)13-10-18-8-11-21(12-9-18)23-6-1-2-7-24(23)26(30)31/h1-9,11-12,14,17H,10,13,15H2,(H,28,29)(H,30,31). The molecule has 0 aliphatic carbocycles. The Morgan fingerprint density at radius 2 is 1.77 bits per heavy atom. The fraction of sp³-hybridized carbons (Fsp3) is 0.115. The van der Waals surface area contributed by atoms with Crippen molar-refractivity contribution in [1.29, 1.82) is 5.26 Å². The van der Waals surface area contributed by atoms with E-state index in [0.29, 0.717) is 17.5 Å². The van der Waals surface area contributed by atoms with Crippen molar-refractivity contribution in [3.05, 3.63) is 113 Å². The van der Waals surface area contributed by atoms with Crippen LogP contribution in [0, 0.1) is 11.3 Å². The molecule has 0 saturated carbocycles. The summed E-state index contributed by atoms with van der Waals surface area (Å²) in [5.74, 6) is -0.000567. The zero-order chi connectivity index (χ0) is 21.6. The molecule has 3 aromatic carbocycles. The van der Waals surface area contributed by atoms with E-state index in [0.717, 1.165) is 46.6 Å². The van der Waals surface area contributed by atoms with Gasteiger partial charge in [0.1, 0.15) is 5.82 Å². The molecule has 152 valence electrons. The van der Waals surface area contributed by atoms with Gasteiger partial charge in [0.15, 0.2) is 0 Å². The predicted molar refractivity (Wildman–Crippen MR) is 119 cm³/mol. The van der Waals surface area contributed by atoms with Gasteiger partial charge >= 0.3 is 5.97 Å². The minimum Gasteiger partial charge on any atom is -0.478 e. The number of nitrogens with one attached hydrogen (secondary N) is 1. The summed E-state index contributed by atoms with van der Waals surface area (Å²) >= 11 is 0. The number of nitriles is 1. The van der Waals surface area contributed by atoms with Crippen LogP contribution in [0.4, 0.5) is 0 Å². The first-order chi connectivity index (χ1) is 15.1. The minimum atomic E-state index is -0.923. The Kier molecular flexibility index (Phi) is 5.91. The second kappa shape index (κ2) is 9.10. The van der Waals surface area contributed by atoms with E-state index >= 15 is 0 Å². The van der Waals surface area contributed by atoms with Gasteiger partial charge in [0.2, 0.25) is 0 Å². The van der Waals surface area contributed by atoms with Crippen molar-refractivity contribution in [2.75, 3.05) is 0 Å². The molecule has 0 saturated heterocycles. The van der Waals surface area contributed by atoms with Crippen LogP contribution in [0.25, 0.3) is 11.1 Å². The van der Waals surface area contributed by atoms with E-state index in [9.17, 15) is 9.90 Å². The summed E-state index contributed by atoms with van der Waals surface area (Å²) in [6.45, 7) is 0. The van der Waals surface area contributed by atoms with Gasteiger partial charge in [0.25, 0.3) is 0 Å². The number of aryl methyl sites for hydroxylation is 2. The van der Waals surface area contributed by atoms with Gasteiger partial charge in [-0.1, -0.05) is 54.6 Å². The highest BCUT2D eigenvalue weighted by Gasteiger charge is 2.10. The molecule has 0 radical (unpaired) electrons. The Morgan fingerprint density at radius 1 is 0.968 bits per heavy atom. The van der Waals surface area contributed by atoms with Crippen LogP contribution in [-0.2, 0) is 19.3 Å². The molecule has 0 amide bonds. The molecule has 0 aliphatic heterocycles. The predicted octanol–water partition coefficient (Wildman–Crippen LogP) is 5.02. The van der Waals surface area contributed by atoms with Gasteiger partial charge in [-0.15, -0.1) is 0 Å². The molecule has 0 fully saturated rings. The molecule has 31 heavy (non-hydrogen) atoms. The summed E-state index contributed by atoms with van der Waals surface area (Å²) in [5, 5.41) is 18.4. The monoisotopic (exact) mass is 407 g/mol. The van der Waals surface area contributed by atoms with Gasteiger partial charge in [-0.25, -0.2) is 9.78 Å². The lowest BCUT2D eigenvalue weighted by atomic mass is 9.98. The van der Waals surface area contributed by atoms with Crippen LogP contribution in [0.1, 0.15) is 38.6 Å². The topological polar surface area (TPSA) is 89.8 Å². The number of benzene rings is 3.